The molecule has 0 bridgehead atoms. The van der Waals surface area contributed by atoms with Gasteiger partial charge in [0.15, 0.2) is 0 Å². The summed E-state index contributed by atoms with van der Waals surface area (Å²) in [4.78, 5) is 10.7. The third-order valence-corrected chi connectivity index (χ3v) is 3.60. The maximum atomic E-state index is 10.7. The van der Waals surface area contributed by atoms with E-state index < -0.39 is 5.97 Å². The Kier molecular flexibility index (Phi) is 6.56. The molecule has 0 saturated heterocycles. The molecule has 0 amide bonds. The second-order valence-electron chi connectivity index (χ2n) is 4.77. The standard InChI is InChI=1S/C17H16Cl2O4/c18-13-6-7-16(14(19)11-13)23-10-9-22-15-4-2-1-3-12(15)5-8-17(20)21/h1-4,6-7,11H,5,8-10H2,(H,20,21). The largest absolute Gasteiger partial charge is 0.490 e. The average molecular weight is 355 g/mol. The van der Waals surface area contributed by atoms with Crippen molar-refractivity contribution in [3.8, 4) is 11.5 Å². The van der Waals surface area contributed by atoms with Crippen LogP contribution in [-0.2, 0) is 11.2 Å². The minimum absolute atomic E-state index is 0.0667. The monoisotopic (exact) mass is 354 g/mol. The van der Waals surface area contributed by atoms with Crippen LogP contribution in [-0.4, -0.2) is 24.3 Å². The zero-order valence-corrected chi connectivity index (χ0v) is 13.8. The van der Waals surface area contributed by atoms with E-state index >= 15 is 0 Å². The number of halogens is 2. The quantitative estimate of drug-likeness (QED) is 0.710. The highest BCUT2D eigenvalue weighted by molar-refractivity contribution is 6.35. The number of carbonyl (C=O) groups is 1. The second kappa shape index (κ2) is 8.65. The molecule has 1 N–H and O–H groups in total. The molecule has 0 spiro atoms. The summed E-state index contributed by atoms with van der Waals surface area (Å²) >= 11 is 11.8. The highest BCUT2D eigenvalue weighted by atomic mass is 35.5. The Balaban J connectivity index is 1.85. The minimum atomic E-state index is -0.833. The Bertz CT molecular complexity index is 673. The first-order valence-corrected chi connectivity index (χ1v) is 7.82. The predicted molar refractivity (Wildman–Crippen MR) is 89.9 cm³/mol. The third-order valence-electron chi connectivity index (χ3n) is 3.07. The summed E-state index contributed by atoms with van der Waals surface area (Å²) in [5.74, 6) is 0.374. The van der Waals surface area contributed by atoms with Crippen molar-refractivity contribution in [3.05, 3.63) is 58.1 Å². The van der Waals surface area contributed by atoms with Crippen molar-refractivity contribution in [2.45, 2.75) is 12.8 Å². The van der Waals surface area contributed by atoms with Gasteiger partial charge in [0.1, 0.15) is 24.7 Å². The fourth-order valence-electron chi connectivity index (χ4n) is 1.99. The number of ether oxygens (including phenoxy) is 2. The van der Waals surface area contributed by atoms with Crippen LogP contribution in [0.1, 0.15) is 12.0 Å². The zero-order valence-electron chi connectivity index (χ0n) is 12.3. The highest BCUT2D eigenvalue weighted by Crippen LogP contribution is 2.27. The number of hydrogen-bond donors (Lipinski definition) is 1. The molecule has 2 aromatic rings. The normalized spacial score (nSPS) is 10.3. The van der Waals surface area contributed by atoms with Gasteiger partial charge in [-0.05, 0) is 36.2 Å². The molecule has 0 atom stereocenters. The van der Waals surface area contributed by atoms with Crippen LogP contribution in [0.25, 0.3) is 0 Å². The molecule has 0 aliphatic carbocycles. The van der Waals surface area contributed by atoms with Crippen LogP contribution in [0.5, 0.6) is 11.5 Å². The van der Waals surface area contributed by atoms with Crippen LogP contribution < -0.4 is 9.47 Å². The van der Waals surface area contributed by atoms with E-state index in [4.69, 9.17) is 37.8 Å². The first-order chi connectivity index (χ1) is 11.1. The van der Waals surface area contributed by atoms with Gasteiger partial charge in [0.25, 0.3) is 0 Å². The molecular formula is C17H16Cl2O4. The molecular weight excluding hydrogens is 339 g/mol. The van der Waals surface area contributed by atoms with E-state index in [9.17, 15) is 4.79 Å². The van der Waals surface area contributed by atoms with E-state index in [1.54, 1.807) is 18.2 Å². The van der Waals surface area contributed by atoms with Crippen LogP contribution in [0.3, 0.4) is 0 Å². The molecule has 0 aliphatic rings. The molecule has 23 heavy (non-hydrogen) atoms. The SMILES string of the molecule is O=C(O)CCc1ccccc1OCCOc1ccc(Cl)cc1Cl. The Morgan fingerprint density at radius 3 is 2.39 bits per heavy atom. The van der Waals surface area contributed by atoms with Gasteiger partial charge in [-0.15, -0.1) is 0 Å². The Morgan fingerprint density at radius 1 is 1.00 bits per heavy atom. The van der Waals surface area contributed by atoms with Crippen molar-refractivity contribution >= 4 is 29.2 Å². The first-order valence-electron chi connectivity index (χ1n) is 7.06. The number of hydrogen-bond acceptors (Lipinski definition) is 3. The van der Waals surface area contributed by atoms with Gasteiger partial charge in [0.05, 0.1) is 5.02 Å². The highest BCUT2D eigenvalue weighted by Gasteiger charge is 2.06. The molecule has 0 aliphatic heterocycles. The van der Waals surface area contributed by atoms with E-state index in [0.29, 0.717) is 41.2 Å². The summed E-state index contributed by atoms with van der Waals surface area (Å²) in [5.41, 5.74) is 0.861. The fourth-order valence-corrected chi connectivity index (χ4v) is 2.45. The van der Waals surface area contributed by atoms with Gasteiger partial charge in [-0.2, -0.15) is 0 Å². The number of para-hydroxylation sites is 1. The lowest BCUT2D eigenvalue weighted by molar-refractivity contribution is -0.136. The third kappa shape index (κ3) is 5.66. The lowest BCUT2D eigenvalue weighted by Gasteiger charge is -2.12. The van der Waals surface area contributed by atoms with Crippen molar-refractivity contribution in [1.29, 1.82) is 0 Å². The Labute approximate surface area is 144 Å². The molecule has 0 radical (unpaired) electrons. The molecule has 6 heteroatoms. The smallest absolute Gasteiger partial charge is 0.303 e. The second-order valence-corrected chi connectivity index (χ2v) is 5.62. The molecule has 0 heterocycles. The van der Waals surface area contributed by atoms with E-state index in [2.05, 4.69) is 0 Å². The fraction of sp³-hybridized carbons (Fsp3) is 0.235. The number of carboxylic acids is 1. The van der Waals surface area contributed by atoms with E-state index in [1.807, 2.05) is 24.3 Å². The average Bonchev–Trinajstić information content (AvgIpc) is 2.52. The van der Waals surface area contributed by atoms with Gasteiger partial charge < -0.3 is 14.6 Å². The van der Waals surface area contributed by atoms with E-state index in [-0.39, 0.29) is 6.42 Å². The van der Waals surface area contributed by atoms with E-state index in [0.717, 1.165) is 5.56 Å². The number of aliphatic carboxylic acids is 1. The van der Waals surface area contributed by atoms with Crippen molar-refractivity contribution in [1.82, 2.24) is 0 Å². The Hall–Kier alpha value is -1.91. The first kappa shape index (κ1) is 17.4. The molecule has 2 aromatic carbocycles. The minimum Gasteiger partial charge on any atom is -0.490 e. The van der Waals surface area contributed by atoms with Gasteiger partial charge in [-0.1, -0.05) is 41.4 Å². The summed E-state index contributed by atoms with van der Waals surface area (Å²) in [7, 11) is 0. The number of rotatable bonds is 8. The molecule has 0 saturated carbocycles. The van der Waals surface area contributed by atoms with Crippen molar-refractivity contribution in [2.75, 3.05) is 13.2 Å². The lowest BCUT2D eigenvalue weighted by Crippen LogP contribution is -2.10. The van der Waals surface area contributed by atoms with Crippen LogP contribution >= 0.6 is 23.2 Å². The lowest BCUT2D eigenvalue weighted by atomic mass is 10.1. The van der Waals surface area contributed by atoms with Crippen molar-refractivity contribution in [3.63, 3.8) is 0 Å². The summed E-state index contributed by atoms with van der Waals surface area (Å²) < 4.78 is 11.2. The Morgan fingerprint density at radius 2 is 1.70 bits per heavy atom. The van der Waals surface area contributed by atoms with Gasteiger partial charge in [0.2, 0.25) is 0 Å². The number of benzene rings is 2. The summed E-state index contributed by atoms with van der Waals surface area (Å²) in [6.07, 6.45) is 0.493. The van der Waals surface area contributed by atoms with Crippen LogP contribution in [0.2, 0.25) is 10.0 Å². The summed E-state index contributed by atoms with van der Waals surface area (Å²) in [5, 5.41) is 9.76. The molecule has 0 aromatic heterocycles. The topological polar surface area (TPSA) is 55.8 Å². The molecule has 122 valence electrons. The summed E-state index contributed by atoms with van der Waals surface area (Å²) in [6.45, 7) is 0.637. The van der Waals surface area contributed by atoms with Gasteiger partial charge >= 0.3 is 5.97 Å². The van der Waals surface area contributed by atoms with Crippen molar-refractivity contribution < 1.29 is 19.4 Å². The predicted octanol–water partition coefficient (Wildman–Crippen LogP) is 4.47. The van der Waals surface area contributed by atoms with Gasteiger partial charge in [-0.25, -0.2) is 0 Å². The van der Waals surface area contributed by atoms with Gasteiger partial charge in [-0.3, -0.25) is 4.79 Å². The molecule has 0 fully saturated rings. The maximum absolute atomic E-state index is 10.7. The van der Waals surface area contributed by atoms with Crippen LogP contribution in [0, 0.1) is 0 Å². The van der Waals surface area contributed by atoms with Crippen LogP contribution in [0.15, 0.2) is 42.5 Å². The molecule has 0 unspecified atom stereocenters. The van der Waals surface area contributed by atoms with Crippen molar-refractivity contribution in [2.24, 2.45) is 0 Å². The molecule has 4 nitrogen and oxygen atoms in total. The summed E-state index contributed by atoms with van der Waals surface area (Å²) in [6, 6.07) is 12.4. The molecule has 2 rings (SSSR count). The maximum Gasteiger partial charge on any atom is 0.303 e. The van der Waals surface area contributed by atoms with Gasteiger partial charge in [0, 0.05) is 11.4 Å². The zero-order chi connectivity index (χ0) is 16.7. The number of carboxylic acid groups (broad SMARTS) is 1. The number of aryl methyl sites for hydroxylation is 1. The van der Waals surface area contributed by atoms with Crippen LogP contribution in [0.4, 0.5) is 0 Å². The van der Waals surface area contributed by atoms with E-state index in [1.165, 1.54) is 0 Å².